The van der Waals surface area contributed by atoms with Crippen LogP contribution in [0.5, 0.6) is 5.75 Å². The lowest BCUT2D eigenvalue weighted by Gasteiger charge is -2.17. The molecule has 1 aromatic rings. The van der Waals surface area contributed by atoms with E-state index in [0.717, 1.165) is 25.7 Å². The first kappa shape index (κ1) is 28.0. The highest BCUT2D eigenvalue weighted by molar-refractivity contribution is 7.86. The topological polar surface area (TPSA) is 63.6 Å². The van der Waals surface area contributed by atoms with E-state index in [1.165, 1.54) is 75.3 Å². The Labute approximate surface area is 191 Å². The molecule has 1 atom stereocenters. The van der Waals surface area contributed by atoms with Gasteiger partial charge >= 0.3 is 10.1 Å². The Morgan fingerprint density at radius 1 is 0.710 bits per heavy atom. The van der Waals surface area contributed by atoms with Gasteiger partial charge in [0.05, 0.1) is 0 Å². The van der Waals surface area contributed by atoms with E-state index < -0.39 is 15.6 Å². The molecular formula is C26H46O4S. The first-order valence-corrected chi connectivity index (χ1v) is 14.2. The van der Waals surface area contributed by atoms with E-state index in [2.05, 4.69) is 19.9 Å². The van der Waals surface area contributed by atoms with Crippen LogP contribution in [0.4, 0.5) is 0 Å². The molecule has 0 bridgehead atoms. The molecule has 0 spiro atoms. The van der Waals surface area contributed by atoms with Crippen LogP contribution in [0.3, 0.4) is 0 Å². The lowest BCUT2D eigenvalue weighted by molar-refractivity contribution is 0.245. The van der Waals surface area contributed by atoms with Gasteiger partial charge < -0.3 is 4.74 Å². The van der Waals surface area contributed by atoms with Gasteiger partial charge in [0.2, 0.25) is 5.44 Å². The van der Waals surface area contributed by atoms with Gasteiger partial charge in [0.1, 0.15) is 5.75 Å². The maximum atomic E-state index is 11.7. The Morgan fingerprint density at radius 3 is 1.58 bits per heavy atom. The summed E-state index contributed by atoms with van der Waals surface area (Å²) >= 11 is 0. The van der Waals surface area contributed by atoms with Crippen molar-refractivity contribution in [3.63, 3.8) is 0 Å². The van der Waals surface area contributed by atoms with Gasteiger partial charge in [-0.3, -0.25) is 4.55 Å². The molecule has 0 amide bonds. The SMILES string of the molecule is CCCCCCCCc1cc(CCCCCCCC)cc(OC(CCC)S(=O)(=O)O)c1. The van der Waals surface area contributed by atoms with Crippen LogP contribution in [0.2, 0.25) is 0 Å². The second kappa shape index (κ2) is 16.5. The summed E-state index contributed by atoms with van der Waals surface area (Å²) in [6.07, 6.45) is 17.9. The van der Waals surface area contributed by atoms with Crippen LogP contribution in [0.25, 0.3) is 0 Å². The third-order valence-corrected chi connectivity index (χ3v) is 6.78. The van der Waals surface area contributed by atoms with Crippen LogP contribution in [0.15, 0.2) is 18.2 Å². The molecule has 0 radical (unpaired) electrons. The lowest BCUT2D eigenvalue weighted by atomic mass is 9.99. The van der Waals surface area contributed by atoms with Crippen LogP contribution < -0.4 is 4.74 Å². The molecule has 0 aromatic heterocycles. The summed E-state index contributed by atoms with van der Waals surface area (Å²) in [5.74, 6) is 0.570. The minimum atomic E-state index is -4.23. The molecule has 1 aromatic carbocycles. The second-order valence-corrected chi connectivity index (χ2v) is 10.4. The van der Waals surface area contributed by atoms with Crippen molar-refractivity contribution in [3.8, 4) is 5.75 Å². The Morgan fingerprint density at radius 2 is 1.16 bits per heavy atom. The predicted molar refractivity (Wildman–Crippen MR) is 131 cm³/mol. The zero-order chi connectivity index (χ0) is 23.0. The minimum Gasteiger partial charge on any atom is -0.472 e. The van der Waals surface area contributed by atoms with Crippen LogP contribution in [0, 0.1) is 0 Å². The van der Waals surface area contributed by atoms with E-state index in [-0.39, 0.29) is 6.42 Å². The van der Waals surface area contributed by atoms with Crippen molar-refractivity contribution in [3.05, 3.63) is 29.3 Å². The highest BCUT2D eigenvalue weighted by atomic mass is 32.2. The summed E-state index contributed by atoms with van der Waals surface area (Å²) in [6.45, 7) is 6.35. The van der Waals surface area contributed by atoms with Crippen molar-refractivity contribution in [2.45, 2.75) is 129 Å². The molecule has 1 N–H and O–H groups in total. The number of benzene rings is 1. The van der Waals surface area contributed by atoms with Crippen molar-refractivity contribution in [1.82, 2.24) is 0 Å². The third-order valence-electron chi connectivity index (χ3n) is 5.79. The van der Waals surface area contributed by atoms with Crippen molar-refractivity contribution in [1.29, 1.82) is 0 Å². The van der Waals surface area contributed by atoms with Crippen molar-refractivity contribution < 1.29 is 17.7 Å². The predicted octanol–water partition coefficient (Wildman–Crippen LogP) is 7.89. The Balaban J connectivity index is 2.78. The summed E-state index contributed by atoms with van der Waals surface area (Å²) in [5, 5.41) is 0. The molecular weight excluding hydrogens is 408 g/mol. The number of aryl methyl sites for hydroxylation is 2. The normalized spacial score (nSPS) is 12.8. The molecule has 0 fully saturated rings. The molecule has 0 heterocycles. The van der Waals surface area contributed by atoms with Gasteiger partial charge in [-0.15, -0.1) is 0 Å². The summed E-state index contributed by atoms with van der Waals surface area (Å²) in [5.41, 5.74) is 1.22. The van der Waals surface area contributed by atoms with Crippen molar-refractivity contribution in [2.24, 2.45) is 0 Å². The van der Waals surface area contributed by atoms with Crippen molar-refractivity contribution in [2.75, 3.05) is 0 Å². The molecule has 0 aliphatic rings. The maximum Gasteiger partial charge on any atom is 0.303 e. The lowest BCUT2D eigenvalue weighted by Crippen LogP contribution is -2.26. The molecule has 4 nitrogen and oxygen atoms in total. The standard InChI is InChI=1S/C26H46O4S/c1-4-7-9-11-13-15-18-23-20-24(19-16-14-12-10-8-5-2)22-25(21-23)30-26(17-6-3)31(27,28)29/h20-22,26H,4-19H2,1-3H3,(H,27,28,29). The minimum absolute atomic E-state index is 0.285. The van der Waals surface area contributed by atoms with Crippen LogP contribution in [-0.4, -0.2) is 18.4 Å². The first-order chi connectivity index (χ1) is 14.9. The fourth-order valence-corrected chi connectivity index (χ4v) is 4.73. The van der Waals surface area contributed by atoms with Crippen LogP contribution in [0.1, 0.15) is 122 Å². The second-order valence-electron chi connectivity index (χ2n) is 8.87. The maximum absolute atomic E-state index is 11.7. The van der Waals surface area contributed by atoms with E-state index in [1.807, 2.05) is 19.1 Å². The number of rotatable bonds is 19. The molecule has 0 saturated heterocycles. The quantitative estimate of drug-likeness (QED) is 0.170. The fourth-order valence-electron chi connectivity index (χ4n) is 3.96. The Bertz CT molecular complexity index is 650. The fraction of sp³-hybridized carbons (Fsp3) is 0.769. The van der Waals surface area contributed by atoms with Crippen LogP contribution in [-0.2, 0) is 23.0 Å². The molecule has 31 heavy (non-hydrogen) atoms. The van der Waals surface area contributed by atoms with Gasteiger partial charge in [0.25, 0.3) is 0 Å². The summed E-state index contributed by atoms with van der Waals surface area (Å²) in [7, 11) is -4.23. The van der Waals surface area contributed by atoms with E-state index in [4.69, 9.17) is 4.74 Å². The highest BCUT2D eigenvalue weighted by Gasteiger charge is 2.24. The van der Waals surface area contributed by atoms with E-state index >= 15 is 0 Å². The number of unbranched alkanes of at least 4 members (excludes halogenated alkanes) is 10. The van der Waals surface area contributed by atoms with E-state index in [9.17, 15) is 13.0 Å². The van der Waals surface area contributed by atoms with Gasteiger partial charge in [-0.25, -0.2) is 0 Å². The van der Waals surface area contributed by atoms with E-state index in [1.54, 1.807) is 0 Å². The summed E-state index contributed by atoms with van der Waals surface area (Å²) in [6, 6.07) is 6.18. The van der Waals surface area contributed by atoms with Gasteiger partial charge in [0, 0.05) is 6.42 Å². The van der Waals surface area contributed by atoms with E-state index in [0.29, 0.717) is 12.2 Å². The zero-order valence-corrected chi connectivity index (χ0v) is 21.0. The molecule has 1 unspecified atom stereocenters. The summed E-state index contributed by atoms with van der Waals surface area (Å²) in [4.78, 5) is 0. The summed E-state index contributed by atoms with van der Waals surface area (Å²) < 4.78 is 38.8. The van der Waals surface area contributed by atoms with Crippen molar-refractivity contribution >= 4 is 10.1 Å². The average molecular weight is 455 g/mol. The highest BCUT2D eigenvalue weighted by Crippen LogP contribution is 2.24. The molecule has 0 aliphatic carbocycles. The largest absolute Gasteiger partial charge is 0.472 e. The Hall–Kier alpha value is -1.07. The van der Waals surface area contributed by atoms with Gasteiger partial charge in [-0.1, -0.05) is 97.5 Å². The monoisotopic (exact) mass is 454 g/mol. The molecule has 0 aliphatic heterocycles. The third kappa shape index (κ3) is 13.2. The smallest absolute Gasteiger partial charge is 0.303 e. The van der Waals surface area contributed by atoms with Crippen LogP contribution >= 0.6 is 0 Å². The molecule has 180 valence electrons. The number of ether oxygens (including phenoxy) is 1. The molecule has 1 rings (SSSR count). The van der Waals surface area contributed by atoms with Gasteiger partial charge in [-0.05, 0) is 48.9 Å². The number of hydrogen-bond donors (Lipinski definition) is 1. The first-order valence-electron chi connectivity index (χ1n) is 12.7. The average Bonchev–Trinajstić information content (AvgIpc) is 2.72. The molecule has 0 saturated carbocycles. The zero-order valence-electron chi connectivity index (χ0n) is 20.2. The van der Waals surface area contributed by atoms with Gasteiger partial charge in [0.15, 0.2) is 0 Å². The Kier molecular flexibility index (Phi) is 14.9. The molecule has 5 heteroatoms. The number of hydrogen-bond acceptors (Lipinski definition) is 3. The van der Waals surface area contributed by atoms with Gasteiger partial charge in [-0.2, -0.15) is 8.42 Å².